The number of amides is 2. The van der Waals surface area contributed by atoms with Crippen molar-refractivity contribution >= 4 is 17.4 Å². The molecule has 0 bridgehead atoms. The van der Waals surface area contributed by atoms with E-state index in [4.69, 9.17) is 5.26 Å². The van der Waals surface area contributed by atoms with Crippen LogP contribution in [0.25, 0.3) is 5.57 Å². The Labute approximate surface area is 157 Å². The number of aromatic nitrogens is 1. The molecule has 1 saturated heterocycles. The van der Waals surface area contributed by atoms with Crippen LogP contribution in [0, 0.1) is 22.7 Å². The van der Waals surface area contributed by atoms with Crippen LogP contribution in [0.15, 0.2) is 18.3 Å². The van der Waals surface area contributed by atoms with Crippen molar-refractivity contribution in [2.24, 2.45) is 11.3 Å². The molecule has 1 fully saturated rings. The van der Waals surface area contributed by atoms with E-state index in [2.05, 4.69) is 4.98 Å². The minimum absolute atomic E-state index is 0.0808. The van der Waals surface area contributed by atoms with Gasteiger partial charge in [-0.05, 0) is 17.5 Å². The minimum Gasteiger partial charge on any atom is -0.337 e. The van der Waals surface area contributed by atoms with Crippen LogP contribution in [0.3, 0.4) is 0 Å². The van der Waals surface area contributed by atoms with E-state index in [0.29, 0.717) is 18.5 Å². The van der Waals surface area contributed by atoms with Gasteiger partial charge < -0.3 is 9.80 Å². The topological polar surface area (TPSA) is 77.3 Å². The Morgan fingerprint density at radius 3 is 2.81 bits per heavy atom. The lowest BCUT2D eigenvalue weighted by molar-refractivity contribution is -0.153. The summed E-state index contributed by atoms with van der Waals surface area (Å²) >= 11 is 0. The second-order valence-corrected chi connectivity index (χ2v) is 7.96. The number of carbonyl (C=O) groups is 2. The van der Waals surface area contributed by atoms with Gasteiger partial charge in [0.1, 0.15) is 18.1 Å². The number of halogens is 1. The van der Waals surface area contributed by atoms with Gasteiger partial charge in [0.15, 0.2) is 0 Å². The van der Waals surface area contributed by atoms with Gasteiger partial charge in [0.05, 0.1) is 11.8 Å². The number of rotatable bonds is 4. The maximum absolute atomic E-state index is 13.1. The first-order valence-corrected chi connectivity index (χ1v) is 9.15. The monoisotopic (exact) mass is 368 g/mol. The highest BCUT2D eigenvalue weighted by Gasteiger charge is 2.50. The summed E-state index contributed by atoms with van der Waals surface area (Å²) in [4.78, 5) is 33.7. The Morgan fingerprint density at radius 1 is 1.44 bits per heavy atom. The molecule has 0 radical (unpaired) electrons. The van der Waals surface area contributed by atoms with Crippen LogP contribution in [0.5, 0.6) is 0 Å². The maximum atomic E-state index is 13.1. The van der Waals surface area contributed by atoms with Crippen LogP contribution >= 0.6 is 0 Å². The summed E-state index contributed by atoms with van der Waals surface area (Å²) in [6.07, 6.45) is 4.25. The van der Waals surface area contributed by atoms with Crippen LogP contribution in [-0.2, 0) is 22.6 Å². The van der Waals surface area contributed by atoms with Gasteiger partial charge in [-0.2, -0.15) is 5.26 Å². The zero-order chi connectivity index (χ0) is 19.3. The molecule has 4 rings (SSSR count). The molecule has 27 heavy (non-hydrogen) atoms. The number of carbonyl (C=O) groups excluding carboxylic acids is 2. The van der Waals surface area contributed by atoms with Crippen molar-refractivity contribution in [1.29, 1.82) is 5.26 Å². The molecule has 1 atom stereocenters. The number of nitriles is 1. The Morgan fingerprint density at radius 2 is 2.19 bits per heavy atom. The third-order valence-corrected chi connectivity index (χ3v) is 5.73. The quantitative estimate of drug-likeness (QED) is 0.811. The third kappa shape index (κ3) is 2.54. The van der Waals surface area contributed by atoms with Crippen molar-refractivity contribution in [3.8, 4) is 6.07 Å². The van der Waals surface area contributed by atoms with E-state index in [1.54, 1.807) is 11.1 Å². The first-order valence-electron chi connectivity index (χ1n) is 9.15. The van der Waals surface area contributed by atoms with E-state index in [0.717, 1.165) is 16.8 Å². The number of hydrogen-bond donors (Lipinski definition) is 0. The average molecular weight is 368 g/mol. The number of likely N-dealkylation sites (tertiary alicyclic amines) is 1. The molecule has 0 unspecified atom stereocenters. The predicted octanol–water partition coefficient (Wildman–Crippen LogP) is 1.71. The average Bonchev–Trinajstić information content (AvgIpc) is 3.05. The van der Waals surface area contributed by atoms with E-state index in [1.165, 1.54) is 4.90 Å². The molecule has 2 amide bonds. The lowest BCUT2D eigenvalue weighted by Crippen LogP contribution is -2.64. The minimum atomic E-state index is -1.09. The van der Waals surface area contributed by atoms with E-state index in [-0.39, 0.29) is 30.8 Å². The van der Waals surface area contributed by atoms with Crippen molar-refractivity contribution in [2.75, 3.05) is 19.8 Å². The van der Waals surface area contributed by atoms with Gasteiger partial charge in [-0.1, -0.05) is 19.9 Å². The van der Waals surface area contributed by atoms with Crippen LogP contribution in [0.1, 0.15) is 30.7 Å². The number of hydrogen-bond acceptors (Lipinski definition) is 4. The summed E-state index contributed by atoms with van der Waals surface area (Å²) in [6.45, 7) is 3.56. The normalized spacial score (nSPS) is 20.7. The molecule has 2 aliphatic heterocycles. The number of pyridine rings is 1. The summed E-state index contributed by atoms with van der Waals surface area (Å²) in [5.74, 6) is -0.471. The summed E-state index contributed by atoms with van der Waals surface area (Å²) in [7, 11) is 0. The highest BCUT2D eigenvalue weighted by molar-refractivity contribution is 6.23. The fraction of sp³-hybridized carbons (Fsp3) is 0.500. The molecule has 0 saturated carbocycles. The standard InChI is InChI=1S/C20H21FN4O2/c1-12(2)17(19(27)24-10-20(8-21,9-22)11-24)25-7-13-5-6-23-15-4-3-14(16(13)15)18(25)26/h3,5-6,12,17H,4,7-8,10-11H2,1-2H3/t17-/m1/s1. The number of allylic oxidation sites excluding steroid dienone is 1. The lowest BCUT2D eigenvalue weighted by Gasteiger charge is -2.47. The molecule has 1 aromatic rings. The third-order valence-electron chi connectivity index (χ3n) is 5.73. The maximum Gasteiger partial charge on any atom is 0.255 e. The fourth-order valence-electron chi connectivity index (χ4n) is 4.29. The summed E-state index contributed by atoms with van der Waals surface area (Å²) in [5.41, 5.74) is 2.35. The molecule has 7 heteroatoms. The van der Waals surface area contributed by atoms with Gasteiger partial charge in [-0.15, -0.1) is 0 Å². The van der Waals surface area contributed by atoms with E-state index in [9.17, 15) is 14.0 Å². The van der Waals surface area contributed by atoms with Crippen LogP contribution in [-0.4, -0.2) is 52.4 Å². The first kappa shape index (κ1) is 17.7. The Bertz CT molecular complexity index is 896. The van der Waals surface area contributed by atoms with E-state index < -0.39 is 18.1 Å². The van der Waals surface area contributed by atoms with Gasteiger partial charge >= 0.3 is 0 Å². The predicted molar refractivity (Wildman–Crippen MR) is 95.7 cm³/mol. The molecule has 3 heterocycles. The van der Waals surface area contributed by atoms with Gasteiger partial charge in [-0.3, -0.25) is 14.6 Å². The largest absolute Gasteiger partial charge is 0.337 e. The Kier molecular flexibility index (Phi) is 4.02. The first-order chi connectivity index (χ1) is 12.9. The smallest absolute Gasteiger partial charge is 0.255 e. The zero-order valence-corrected chi connectivity index (χ0v) is 15.4. The molecule has 1 aliphatic carbocycles. The Hall–Kier alpha value is -2.75. The van der Waals surface area contributed by atoms with Crippen molar-refractivity contribution in [3.63, 3.8) is 0 Å². The second kappa shape index (κ2) is 6.15. The van der Waals surface area contributed by atoms with Crippen molar-refractivity contribution in [3.05, 3.63) is 35.2 Å². The highest BCUT2D eigenvalue weighted by atomic mass is 19.1. The molecule has 6 nitrogen and oxygen atoms in total. The summed E-state index contributed by atoms with van der Waals surface area (Å²) in [5, 5.41) is 9.15. The van der Waals surface area contributed by atoms with Crippen molar-refractivity contribution < 1.29 is 14.0 Å². The van der Waals surface area contributed by atoms with Crippen LogP contribution in [0.2, 0.25) is 0 Å². The van der Waals surface area contributed by atoms with Crippen LogP contribution < -0.4 is 0 Å². The molecular formula is C20H21FN4O2. The van der Waals surface area contributed by atoms with Gasteiger partial charge in [0.2, 0.25) is 5.91 Å². The lowest BCUT2D eigenvalue weighted by atomic mass is 9.81. The van der Waals surface area contributed by atoms with Crippen LogP contribution in [0.4, 0.5) is 4.39 Å². The molecule has 1 aromatic heterocycles. The van der Waals surface area contributed by atoms with E-state index >= 15 is 0 Å². The fourth-order valence-corrected chi connectivity index (χ4v) is 4.29. The highest BCUT2D eigenvalue weighted by Crippen LogP contribution is 2.38. The molecule has 140 valence electrons. The zero-order valence-electron chi connectivity index (χ0n) is 15.4. The molecule has 0 N–H and O–H groups in total. The van der Waals surface area contributed by atoms with Gasteiger partial charge in [-0.25, -0.2) is 4.39 Å². The molecule has 0 spiro atoms. The second-order valence-electron chi connectivity index (χ2n) is 7.96. The Balaban J connectivity index is 1.62. The van der Waals surface area contributed by atoms with E-state index in [1.807, 2.05) is 32.1 Å². The number of nitrogens with zero attached hydrogens (tertiary/aromatic N) is 4. The SMILES string of the molecule is CC(C)[C@H](C(=O)N1CC(C#N)(CF)C1)N1Cc2ccnc3c2C(=CC3)C1=O. The van der Waals surface area contributed by atoms with Crippen molar-refractivity contribution in [1.82, 2.24) is 14.8 Å². The van der Waals surface area contributed by atoms with Gasteiger partial charge in [0, 0.05) is 43.4 Å². The number of alkyl halides is 1. The molecule has 3 aliphatic rings. The van der Waals surface area contributed by atoms with Gasteiger partial charge in [0.25, 0.3) is 5.91 Å². The summed E-state index contributed by atoms with van der Waals surface area (Å²) < 4.78 is 13.1. The van der Waals surface area contributed by atoms with Crippen molar-refractivity contribution in [2.45, 2.75) is 32.9 Å². The summed E-state index contributed by atoms with van der Waals surface area (Å²) in [6, 6.07) is 3.23. The molecule has 0 aromatic carbocycles. The molecular weight excluding hydrogens is 347 g/mol.